The first-order valence-corrected chi connectivity index (χ1v) is 11.4. The van der Waals surface area contributed by atoms with Gasteiger partial charge < -0.3 is 5.32 Å². The topological polar surface area (TPSA) is 58.5 Å². The van der Waals surface area contributed by atoms with E-state index in [1.165, 1.54) is 18.3 Å². The Bertz CT molecular complexity index is 1380. The molecule has 0 saturated heterocycles. The van der Waals surface area contributed by atoms with Crippen molar-refractivity contribution in [2.45, 2.75) is 85.8 Å². The Morgan fingerprint density at radius 2 is 1.02 bits per heavy atom. The van der Waals surface area contributed by atoms with Crippen LogP contribution in [0.3, 0.4) is 0 Å². The minimum absolute atomic E-state index is 0.162. The van der Waals surface area contributed by atoms with Gasteiger partial charge >= 0.3 is 59.5 Å². The maximum atomic E-state index is 14.3. The first-order chi connectivity index (χ1) is 20.5. The summed E-state index contributed by atoms with van der Waals surface area (Å²) in [6, 6.07) is 0.318. The minimum Gasteiger partial charge on any atom is -0.349 e. The molecule has 25 heteroatoms. The van der Waals surface area contributed by atoms with E-state index in [2.05, 4.69) is 4.99 Å². The molecule has 1 unspecified atom stereocenters. The Hall–Kier alpha value is -3.40. The average Bonchev–Trinajstić information content (AvgIpc) is 2.87. The number of rotatable bonds is 13. The van der Waals surface area contributed by atoms with Crippen molar-refractivity contribution in [2.24, 2.45) is 4.99 Å². The highest BCUT2D eigenvalue weighted by Gasteiger charge is 2.97. The smallest absolute Gasteiger partial charge is 0.349 e. The summed E-state index contributed by atoms with van der Waals surface area (Å²) >= 11 is 0. The van der Waals surface area contributed by atoms with E-state index in [-0.39, 0.29) is 12.5 Å². The van der Waals surface area contributed by atoms with Crippen molar-refractivity contribution >= 4 is 17.7 Å². The molecule has 47 heavy (non-hydrogen) atoms. The van der Waals surface area contributed by atoms with Crippen LogP contribution in [0, 0.1) is 6.92 Å². The summed E-state index contributed by atoms with van der Waals surface area (Å²) in [5, 5.41) is 1.37. The molecule has 1 aromatic rings. The van der Waals surface area contributed by atoms with E-state index in [0.717, 1.165) is 18.2 Å². The van der Waals surface area contributed by atoms with Crippen LogP contribution in [-0.4, -0.2) is 77.5 Å². The van der Waals surface area contributed by atoms with Crippen molar-refractivity contribution in [3.63, 3.8) is 0 Å². The van der Waals surface area contributed by atoms with Gasteiger partial charge in [0.1, 0.15) is 0 Å². The van der Waals surface area contributed by atoms with Gasteiger partial charge in [-0.15, -0.1) is 0 Å². The SMILES string of the molecule is Cc1ccc(N=C=O)c(C(=O)NC(C)CC(F)(F)C(F)(F)C(F)(F)C(F)(F)C(F)(F)C(F)(F)C(F)(F)C(F)(F)C(F)(F)C(F)(F)F)c1. The monoisotopic (exact) mass is 736 g/mol. The molecule has 0 aliphatic carbocycles. The molecule has 0 spiro atoms. The van der Waals surface area contributed by atoms with Crippen LogP contribution in [0.1, 0.15) is 29.3 Å². The summed E-state index contributed by atoms with van der Waals surface area (Å²) in [6.07, 6.45) is -10.2. The molecule has 0 aliphatic rings. The molecular formula is C22H13F21N2O2. The van der Waals surface area contributed by atoms with Gasteiger partial charge in [-0.2, -0.15) is 97.2 Å². The van der Waals surface area contributed by atoms with E-state index in [0.29, 0.717) is 0 Å². The van der Waals surface area contributed by atoms with E-state index in [1.807, 2.05) is 0 Å². The third-order valence-corrected chi connectivity index (χ3v) is 6.08. The molecule has 0 radical (unpaired) electrons. The number of isocyanates is 1. The number of aliphatic imine (C=N–C) groups is 1. The maximum absolute atomic E-state index is 14.3. The fraction of sp³-hybridized carbons (Fsp3) is 0.636. The highest BCUT2D eigenvalue weighted by atomic mass is 19.4. The lowest BCUT2D eigenvalue weighted by Crippen LogP contribution is -2.76. The van der Waals surface area contributed by atoms with E-state index < -0.39 is 89.1 Å². The molecule has 0 aliphatic heterocycles. The van der Waals surface area contributed by atoms with E-state index in [1.54, 1.807) is 0 Å². The van der Waals surface area contributed by atoms with Crippen LogP contribution in [-0.2, 0) is 4.79 Å². The third kappa shape index (κ3) is 6.18. The van der Waals surface area contributed by atoms with Crippen molar-refractivity contribution in [3.8, 4) is 0 Å². The van der Waals surface area contributed by atoms with Gasteiger partial charge in [-0.25, -0.2) is 4.79 Å². The van der Waals surface area contributed by atoms with Crippen LogP contribution in [0.2, 0.25) is 0 Å². The van der Waals surface area contributed by atoms with Gasteiger partial charge in [-0.05, 0) is 26.0 Å². The van der Waals surface area contributed by atoms with E-state index >= 15 is 0 Å². The Labute approximate surface area is 246 Å². The lowest BCUT2D eigenvalue weighted by molar-refractivity contribution is -0.474. The molecule has 0 heterocycles. The highest BCUT2D eigenvalue weighted by Crippen LogP contribution is 2.66. The van der Waals surface area contributed by atoms with E-state index in [9.17, 15) is 102 Å². The summed E-state index contributed by atoms with van der Waals surface area (Å²) in [5.74, 6) is -79.6. The molecule has 4 nitrogen and oxygen atoms in total. The van der Waals surface area contributed by atoms with Crippen molar-refractivity contribution in [3.05, 3.63) is 29.3 Å². The van der Waals surface area contributed by atoms with Crippen LogP contribution in [0.15, 0.2) is 23.2 Å². The Morgan fingerprint density at radius 1 is 0.660 bits per heavy atom. The van der Waals surface area contributed by atoms with Gasteiger partial charge in [-0.3, -0.25) is 4.79 Å². The van der Waals surface area contributed by atoms with Crippen molar-refractivity contribution in [2.75, 3.05) is 0 Å². The van der Waals surface area contributed by atoms with Crippen LogP contribution >= 0.6 is 0 Å². The molecule has 1 amide bonds. The summed E-state index contributed by atoms with van der Waals surface area (Å²) in [4.78, 5) is 25.8. The number of alkyl halides is 21. The zero-order valence-corrected chi connectivity index (χ0v) is 22.2. The zero-order valence-electron chi connectivity index (χ0n) is 22.2. The minimum atomic E-state index is -9.26. The zero-order chi connectivity index (χ0) is 37.8. The number of carbonyl (C=O) groups excluding carboxylic acids is 2. The van der Waals surface area contributed by atoms with Gasteiger partial charge in [-0.1, -0.05) is 11.6 Å². The summed E-state index contributed by atoms with van der Waals surface area (Å²) in [5.41, 5.74) is -1.16. The Balaban J connectivity index is 3.59. The van der Waals surface area contributed by atoms with Gasteiger partial charge in [0.2, 0.25) is 6.08 Å². The fourth-order valence-electron chi connectivity index (χ4n) is 3.43. The number of amides is 1. The molecular weight excluding hydrogens is 723 g/mol. The molecule has 0 fully saturated rings. The second kappa shape index (κ2) is 11.9. The van der Waals surface area contributed by atoms with Gasteiger partial charge in [0, 0.05) is 12.5 Å². The van der Waals surface area contributed by atoms with Crippen LogP contribution < -0.4 is 5.32 Å². The number of aryl methyl sites for hydroxylation is 1. The number of halogens is 21. The molecule has 1 rings (SSSR count). The number of carbonyl (C=O) groups is 1. The largest absolute Gasteiger partial charge is 0.460 e. The maximum Gasteiger partial charge on any atom is 0.460 e. The first kappa shape index (κ1) is 41.6. The van der Waals surface area contributed by atoms with Crippen LogP contribution in [0.4, 0.5) is 97.9 Å². The number of nitrogens with zero attached hydrogens (tertiary/aromatic N) is 1. The molecule has 270 valence electrons. The number of hydrogen-bond donors (Lipinski definition) is 1. The molecule has 1 atom stereocenters. The van der Waals surface area contributed by atoms with Crippen LogP contribution in [0.5, 0.6) is 0 Å². The molecule has 1 aromatic carbocycles. The molecule has 0 saturated carbocycles. The van der Waals surface area contributed by atoms with E-state index in [4.69, 9.17) is 0 Å². The summed E-state index contributed by atoms with van der Waals surface area (Å²) in [7, 11) is 0. The predicted octanol–water partition coefficient (Wildman–Crippen LogP) is 8.75. The summed E-state index contributed by atoms with van der Waals surface area (Å²) < 4.78 is 284. The van der Waals surface area contributed by atoms with Gasteiger partial charge in [0.25, 0.3) is 5.91 Å². The average molecular weight is 736 g/mol. The lowest BCUT2D eigenvalue weighted by atomic mass is 9.85. The second-order valence-electron chi connectivity index (χ2n) is 9.60. The van der Waals surface area contributed by atoms with Gasteiger partial charge in [0.05, 0.1) is 11.3 Å². The molecule has 0 bridgehead atoms. The first-order valence-electron chi connectivity index (χ1n) is 11.4. The van der Waals surface area contributed by atoms with Crippen LogP contribution in [0.25, 0.3) is 0 Å². The summed E-state index contributed by atoms with van der Waals surface area (Å²) in [6.45, 7) is 1.49. The number of nitrogens with one attached hydrogen (secondary N) is 1. The van der Waals surface area contributed by atoms with Crippen molar-refractivity contribution in [1.29, 1.82) is 0 Å². The fourth-order valence-corrected chi connectivity index (χ4v) is 3.43. The highest BCUT2D eigenvalue weighted by molar-refractivity contribution is 5.99. The number of hydrogen-bond acceptors (Lipinski definition) is 3. The third-order valence-electron chi connectivity index (χ3n) is 6.08. The van der Waals surface area contributed by atoms with Crippen molar-refractivity contribution in [1.82, 2.24) is 5.32 Å². The standard InChI is InChI=1S/C22H13F21N2O2/c1-8-3-4-11(44-7-46)10(5-8)12(47)45-9(2)6-13(23,24)14(25,26)15(27,28)16(29,30)17(31,32)18(33,34)19(35,36)20(37,38)21(39,40)22(41,42)43/h3-5,9H,6H2,1-2H3,(H,45,47). The molecule has 0 aromatic heterocycles. The Kier molecular flexibility index (Phi) is 10.6. The molecule has 1 N–H and O–H groups in total. The second-order valence-corrected chi connectivity index (χ2v) is 9.60. The normalized spacial score (nSPS) is 15.6. The van der Waals surface area contributed by atoms with Crippen molar-refractivity contribution < 1.29 is 102 Å². The Morgan fingerprint density at radius 3 is 1.38 bits per heavy atom. The van der Waals surface area contributed by atoms with Gasteiger partial charge in [0.15, 0.2) is 0 Å². The predicted molar refractivity (Wildman–Crippen MR) is 111 cm³/mol. The quantitative estimate of drug-likeness (QED) is 0.125. The number of benzene rings is 1. The lowest BCUT2D eigenvalue weighted by Gasteiger charge is -2.44.